The number of piperidine rings is 1. The number of carbonyl (C=O) groups excluding carboxylic acids is 1. The molecule has 0 saturated carbocycles. The molecule has 6 nitrogen and oxygen atoms in total. The summed E-state index contributed by atoms with van der Waals surface area (Å²) in [5, 5.41) is 8.04. The zero-order chi connectivity index (χ0) is 23.2. The highest BCUT2D eigenvalue weighted by atomic mass is 19.4. The molecular weight excluding hydrogens is 431 g/mol. The van der Waals surface area contributed by atoms with Crippen LogP contribution in [0.2, 0.25) is 0 Å². The van der Waals surface area contributed by atoms with E-state index in [1.165, 1.54) is 4.90 Å². The van der Waals surface area contributed by atoms with Gasteiger partial charge in [0.2, 0.25) is 0 Å². The topological polar surface area (TPSA) is 65.1 Å². The Morgan fingerprint density at radius 2 is 1.94 bits per heavy atom. The summed E-state index contributed by atoms with van der Waals surface area (Å²) in [5.41, 5.74) is 3.53. The Balaban J connectivity index is 1.51. The van der Waals surface area contributed by atoms with Gasteiger partial charge in [-0.05, 0) is 55.0 Å². The molecule has 3 aromatic rings. The van der Waals surface area contributed by atoms with E-state index >= 15 is 0 Å². The van der Waals surface area contributed by atoms with E-state index in [1.54, 1.807) is 12.4 Å². The Morgan fingerprint density at radius 3 is 2.61 bits per heavy atom. The minimum atomic E-state index is -4.31. The van der Waals surface area contributed by atoms with E-state index in [1.807, 2.05) is 31.2 Å². The standard InChI is InChI=1S/C24H26F3N5O/c1-15-10-19-18(3-4-21-20(19)12-29-30-21)23(32(15)14-24(25,26)27)17-2-5-22(28-11-17)31-8-6-16(13-33)7-9-31/h2-5,11-13,15-16,23H,6-10,14H2,1H3,(H,29,30)/t15-,23+/m1/s1. The average molecular weight is 458 g/mol. The molecule has 0 aliphatic carbocycles. The molecule has 2 aliphatic rings. The highest BCUT2D eigenvalue weighted by molar-refractivity contribution is 5.83. The number of hydrogen-bond acceptors (Lipinski definition) is 5. The lowest BCUT2D eigenvalue weighted by Crippen LogP contribution is -2.47. The molecule has 2 aromatic heterocycles. The highest BCUT2D eigenvalue weighted by Crippen LogP contribution is 2.41. The molecule has 2 atom stereocenters. The molecule has 1 aromatic carbocycles. The molecule has 33 heavy (non-hydrogen) atoms. The zero-order valence-electron chi connectivity index (χ0n) is 18.3. The predicted octanol–water partition coefficient (Wildman–Crippen LogP) is 4.27. The van der Waals surface area contributed by atoms with E-state index in [2.05, 4.69) is 20.1 Å². The number of nitrogens with one attached hydrogen (secondary N) is 1. The molecule has 174 valence electrons. The number of aldehydes is 1. The molecule has 0 spiro atoms. The molecular formula is C24H26F3N5O. The molecule has 9 heteroatoms. The van der Waals surface area contributed by atoms with Crippen molar-refractivity contribution in [2.24, 2.45) is 5.92 Å². The summed E-state index contributed by atoms with van der Waals surface area (Å²) in [6.45, 7) is 2.36. The lowest BCUT2D eigenvalue weighted by Gasteiger charge is -2.42. The fourth-order valence-corrected chi connectivity index (χ4v) is 5.26. The number of alkyl halides is 3. The lowest BCUT2D eigenvalue weighted by molar-refractivity contribution is -0.155. The van der Waals surface area contributed by atoms with Gasteiger partial charge < -0.3 is 9.69 Å². The van der Waals surface area contributed by atoms with Gasteiger partial charge in [-0.25, -0.2) is 4.98 Å². The van der Waals surface area contributed by atoms with E-state index in [4.69, 9.17) is 0 Å². The fourth-order valence-electron chi connectivity index (χ4n) is 5.26. The van der Waals surface area contributed by atoms with Crippen molar-refractivity contribution in [1.82, 2.24) is 20.1 Å². The van der Waals surface area contributed by atoms with E-state index in [9.17, 15) is 18.0 Å². The predicted molar refractivity (Wildman–Crippen MR) is 119 cm³/mol. The Kier molecular flexibility index (Phi) is 5.60. The van der Waals surface area contributed by atoms with E-state index in [0.29, 0.717) is 6.42 Å². The fraction of sp³-hybridized carbons (Fsp3) is 0.458. The summed E-state index contributed by atoms with van der Waals surface area (Å²) in [5.74, 6) is 0.885. The van der Waals surface area contributed by atoms with Crippen LogP contribution in [-0.2, 0) is 11.2 Å². The number of nitrogens with zero attached hydrogens (tertiary/aromatic N) is 4. The van der Waals surface area contributed by atoms with Crippen LogP contribution in [0.15, 0.2) is 36.7 Å². The first-order chi connectivity index (χ1) is 15.8. The number of H-pyrrole nitrogens is 1. The third kappa shape index (κ3) is 4.21. The number of pyridine rings is 1. The SMILES string of the molecule is C[C@@H]1Cc2c(ccc3[nH]ncc23)[C@H](c2ccc(N3CCC(C=O)CC3)nc2)N1CC(F)(F)F. The largest absolute Gasteiger partial charge is 0.401 e. The Hall–Kier alpha value is -2.94. The smallest absolute Gasteiger partial charge is 0.357 e. The zero-order valence-corrected chi connectivity index (χ0v) is 18.3. The molecule has 0 unspecified atom stereocenters. The normalized spacial score (nSPS) is 22.5. The second-order valence-electron chi connectivity index (χ2n) is 9.12. The van der Waals surface area contributed by atoms with Gasteiger partial charge in [0.05, 0.1) is 24.3 Å². The van der Waals surface area contributed by atoms with Crippen LogP contribution in [-0.4, -0.2) is 58.2 Å². The minimum Gasteiger partial charge on any atom is -0.357 e. The van der Waals surface area contributed by atoms with E-state index in [-0.39, 0.29) is 12.0 Å². The van der Waals surface area contributed by atoms with Gasteiger partial charge in [-0.15, -0.1) is 0 Å². The van der Waals surface area contributed by atoms with Crippen molar-refractivity contribution < 1.29 is 18.0 Å². The van der Waals surface area contributed by atoms with Gasteiger partial charge >= 0.3 is 6.18 Å². The number of fused-ring (bicyclic) bond motifs is 3. The third-order valence-corrected chi connectivity index (χ3v) is 6.97. The molecule has 4 heterocycles. The molecule has 5 rings (SSSR count). The van der Waals surface area contributed by atoms with Crippen molar-refractivity contribution in [2.45, 2.75) is 44.4 Å². The minimum absolute atomic E-state index is 0.0939. The number of benzene rings is 1. The number of aromatic amines is 1. The summed E-state index contributed by atoms with van der Waals surface area (Å²) in [6.07, 6.45) is 2.27. The van der Waals surface area contributed by atoms with Crippen LogP contribution >= 0.6 is 0 Å². The Bertz CT molecular complexity index is 1140. The van der Waals surface area contributed by atoms with Crippen LogP contribution in [0.5, 0.6) is 0 Å². The van der Waals surface area contributed by atoms with E-state index in [0.717, 1.165) is 65.6 Å². The number of carbonyl (C=O) groups is 1. The Morgan fingerprint density at radius 1 is 1.15 bits per heavy atom. The van der Waals surface area contributed by atoms with Gasteiger partial charge in [-0.3, -0.25) is 10.00 Å². The monoisotopic (exact) mass is 457 g/mol. The van der Waals surface area contributed by atoms with Crippen LogP contribution in [0.1, 0.15) is 42.5 Å². The second kappa shape index (κ2) is 8.44. The molecule has 0 radical (unpaired) electrons. The van der Waals surface area contributed by atoms with Crippen molar-refractivity contribution in [2.75, 3.05) is 24.5 Å². The summed E-state index contributed by atoms with van der Waals surface area (Å²) in [7, 11) is 0. The number of hydrogen-bond donors (Lipinski definition) is 1. The number of halogens is 3. The van der Waals surface area contributed by atoms with Crippen molar-refractivity contribution in [3.05, 3.63) is 53.3 Å². The van der Waals surface area contributed by atoms with Crippen molar-refractivity contribution in [1.29, 1.82) is 0 Å². The van der Waals surface area contributed by atoms with Crippen molar-refractivity contribution in [3.63, 3.8) is 0 Å². The van der Waals surface area contributed by atoms with Crippen molar-refractivity contribution >= 4 is 23.0 Å². The number of aromatic nitrogens is 3. The van der Waals surface area contributed by atoms with Gasteiger partial charge in [0, 0.05) is 36.6 Å². The van der Waals surface area contributed by atoms with Gasteiger partial charge in [0.1, 0.15) is 12.1 Å². The summed E-state index contributed by atoms with van der Waals surface area (Å²) >= 11 is 0. The number of anilines is 1. The molecule has 1 N–H and O–H groups in total. The van der Waals surface area contributed by atoms with Crippen LogP contribution in [0.25, 0.3) is 10.9 Å². The summed E-state index contributed by atoms with van der Waals surface area (Å²) in [4.78, 5) is 19.3. The summed E-state index contributed by atoms with van der Waals surface area (Å²) in [6, 6.07) is 6.73. The molecule has 0 amide bonds. The van der Waals surface area contributed by atoms with Crippen LogP contribution in [0, 0.1) is 5.92 Å². The maximum Gasteiger partial charge on any atom is 0.401 e. The molecule has 1 saturated heterocycles. The van der Waals surface area contributed by atoms with Crippen LogP contribution < -0.4 is 4.90 Å². The highest BCUT2D eigenvalue weighted by Gasteiger charge is 2.41. The summed E-state index contributed by atoms with van der Waals surface area (Å²) < 4.78 is 40.6. The van der Waals surface area contributed by atoms with Gasteiger partial charge in [0.25, 0.3) is 0 Å². The van der Waals surface area contributed by atoms with Gasteiger partial charge in [-0.1, -0.05) is 12.1 Å². The first kappa shape index (κ1) is 21.9. The van der Waals surface area contributed by atoms with Crippen LogP contribution in [0.4, 0.5) is 19.0 Å². The maximum absolute atomic E-state index is 13.5. The van der Waals surface area contributed by atoms with Crippen LogP contribution in [0.3, 0.4) is 0 Å². The van der Waals surface area contributed by atoms with Gasteiger partial charge in [-0.2, -0.15) is 18.3 Å². The first-order valence-electron chi connectivity index (χ1n) is 11.3. The molecule has 1 fully saturated rings. The Labute approximate surface area is 189 Å². The maximum atomic E-state index is 13.5. The first-order valence-corrected chi connectivity index (χ1v) is 11.3. The lowest BCUT2D eigenvalue weighted by atomic mass is 9.84. The molecule has 0 bridgehead atoms. The van der Waals surface area contributed by atoms with Gasteiger partial charge in [0.15, 0.2) is 0 Å². The second-order valence-corrected chi connectivity index (χ2v) is 9.12. The average Bonchev–Trinajstić information content (AvgIpc) is 3.29. The quantitative estimate of drug-likeness (QED) is 0.593. The third-order valence-electron chi connectivity index (χ3n) is 6.97. The number of rotatable bonds is 4. The van der Waals surface area contributed by atoms with Crippen molar-refractivity contribution in [3.8, 4) is 0 Å². The molecule has 2 aliphatic heterocycles. The van der Waals surface area contributed by atoms with E-state index < -0.39 is 18.8 Å².